The van der Waals surface area contributed by atoms with Crippen molar-refractivity contribution in [2.24, 2.45) is 0 Å². The Morgan fingerprint density at radius 3 is 2.84 bits per heavy atom. The summed E-state index contributed by atoms with van der Waals surface area (Å²) in [7, 11) is -3.07. The standard InChI is InChI=1S/C16H16ClFN2O3S2/c17-14-8-11(3-4-15(14)18)19-16(24)20(9-13-2-1-6-23-13)12-5-7-25(21,22)10-12/h1-4,6,8,12H,5,7,9-10H2,(H,19,24)/t12-/m0/s1. The van der Waals surface area contributed by atoms with Crippen LogP contribution >= 0.6 is 23.8 Å². The summed E-state index contributed by atoms with van der Waals surface area (Å²) in [6, 6.07) is 7.50. The molecule has 0 amide bonds. The molecule has 9 heteroatoms. The summed E-state index contributed by atoms with van der Waals surface area (Å²) < 4.78 is 42.3. The van der Waals surface area contributed by atoms with E-state index in [4.69, 9.17) is 28.2 Å². The molecular weight excluding hydrogens is 387 g/mol. The number of rotatable bonds is 4. The van der Waals surface area contributed by atoms with E-state index in [0.29, 0.717) is 29.5 Å². The zero-order valence-corrected chi connectivity index (χ0v) is 15.5. The largest absolute Gasteiger partial charge is 0.467 e. The van der Waals surface area contributed by atoms with E-state index in [2.05, 4.69) is 5.32 Å². The van der Waals surface area contributed by atoms with Crippen molar-refractivity contribution < 1.29 is 17.2 Å². The normalized spacial score (nSPS) is 18.9. The van der Waals surface area contributed by atoms with Crippen molar-refractivity contribution in [3.05, 3.63) is 53.2 Å². The number of benzene rings is 1. The van der Waals surface area contributed by atoms with Crippen LogP contribution in [0.2, 0.25) is 5.02 Å². The highest BCUT2D eigenvalue weighted by molar-refractivity contribution is 7.91. The smallest absolute Gasteiger partial charge is 0.174 e. The first-order valence-corrected chi connectivity index (χ1v) is 10.2. The number of furan rings is 1. The Hall–Kier alpha value is -1.64. The van der Waals surface area contributed by atoms with Crippen LogP contribution in [0.15, 0.2) is 41.0 Å². The highest BCUT2D eigenvalue weighted by atomic mass is 35.5. The van der Waals surface area contributed by atoms with E-state index in [1.165, 1.54) is 18.2 Å². The van der Waals surface area contributed by atoms with E-state index in [-0.39, 0.29) is 22.6 Å². The number of hydrogen-bond donors (Lipinski definition) is 1. The third kappa shape index (κ3) is 4.50. The lowest BCUT2D eigenvalue weighted by molar-refractivity contribution is 0.302. The Bertz CT molecular complexity index is 872. The van der Waals surface area contributed by atoms with E-state index in [9.17, 15) is 12.8 Å². The SMILES string of the molecule is O=S1(=O)CC[C@H](N(Cc2ccco2)C(=S)Nc2ccc(F)c(Cl)c2)C1. The maximum atomic E-state index is 13.3. The van der Waals surface area contributed by atoms with E-state index in [1.54, 1.807) is 23.3 Å². The van der Waals surface area contributed by atoms with Gasteiger partial charge in [-0.2, -0.15) is 0 Å². The molecule has 1 fully saturated rings. The number of nitrogens with zero attached hydrogens (tertiary/aromatic N) is 1. The molecule has 0 spiro atoms. The van der Waals surface area contributed by atoms with Crippen molar-refractivity contribution in [2.45, 2.75) is 19.0 Å². The number of nitrogens with one attached hydrogen (secondary N) is 1. The second-order valence-electron chi connectivity index (χ2n) is 5.82. The van der Waals surface area contributed by atoms with E-state index in [1.807, 2.05) is 0 Å². The summed E-state index contributed by atoms with van der Waals surface area (Å²) >= 11 is 11.3. The minimum Gasteiger partial charge on any atom is -0.467 e. The first-order valence-electron chi connectivity index (χ1n) is 7.59. The number of thiocarbonyl (C=S) groups is 1. The molecule has 1 aliphatic heterocycles. The van der Waals surface area contributed by atoms with Crippen LogP contribution in [0.5, 0.6) is 0 Å². The summed E-state index contributed by atoms with van der Waals surface area (Å²) in [5.74, 6) is 0.329. The monoisotopic (exact) mass is 402 g/mol. The lowest BCUT2D eigenvalue weighted by Gasteiger charge is -2.30. The van der Waals surface area contributed by atoms with Crippen LogP contribution in [0.1, 0.15) is 12.2 Å². The molecule has 0 unspecified atom stereocenters. The number of sulfone groups is 1. The van der Waals surface area contributed by atoms with Gasteiger partial charge in [-0.15, -0.1) is 0 Å². The summed E-state index contributed by atoms with van der Waals surface area (Å²) in [5, 5.41) is 3.31. The number of anilines is 1. The van der Waals surface area contributed by atoms with Crippen molar-refractivity contribution in [1.29, 1.82) is 0 Å². The molecule has 0 radical (unpaired) electrons. The fraction of sp³-hybridized carbons (Fsp3) is 0.312. The Morgan fingerprint density at radius 2 is 2.24 bits per heavy atom. The Kier molecular flexibility index (Phi) is 5.31. The highest BCUT2D eigenvalue weighted by Gasteiger charge is 2.34. The van der Waals surface area contributed by atoms with Crippen LogP contribution in [-0.4, -0.2) is 36.0 Å². The van der Waals surface area contributed by atoms with Crippen molar-refractivity contribution >= 4 is 44.5 Å². The van der Waals surface area contributed by atoms with Crippen molar-refractivity contribution in [3.8, 4) is 0 Å². The van der Waals surface area contributed by atoms with Gasteiger partial charge in [-0.3, -0.25) is 0 Å². The average molecular weight is 403 g/mol. The molecule has 1 aromatic carbocycles. The molecule has 1 N–H and O–H groups in total. The third-order valence-corrected chi connectivity index (χ3v) is 6.36. The average Bonchev–Trinajstić information content (AvgIpc) is 3.17. The molecule has 2 aromatic rings. The minimum absolute atomic E-state index is 0.0196. The molecule has 25 heavy (non-hydrogen) atoms. The summed E-state index contributed by atoms with van der Waals surface area (Å²) in [4.78, 5) is 1.79. The van der Waals surface area contributed by atoms with Crippen LogP contribution in [0.3, 0.4) is 0 Å². The molecule has 0 aliphatic carbocycles. The van der Waals surface area contributed by atoms with Gasteiger partial charge in [-0.1, -0.05) is 11.6 Å². The Morgan fingerprint density at radius 1 is 1.44 bits per heavy atom. The van der Waals surface area contributed by atoms with Crippen LogP contribution in [-0.2, 0) is 16.4 Å². The summed E-state index contributed by atoms with van der Waals surface area (Å²) in [6.45, 7) is 0.341. The van der Waals surface area contributed by atoms with Crippen molar-refractivity contribution in [2.75, 3.05) is 16.8 Å². The first kappa shape index (κ1) is 18.2. The minimum atomic E-state index is -3.07. The quantitative estimate of drug-likeness (QED) is 0.790. The van der Waals surface area contributed by atoms with Gasteiger partial charge in [0.25, 0.3) is 0 Å². The predicted octanol–water partition coefficient (Wildman–Crippen LogP) is 3.46. The van der Waals surface area contributed by atoms with E-state index >= 15 is 0 Å². The van der Waals surface area contributed by atoms with Gasteiger partial charge in [0.1, 0.15) is 11.6 Å². The Balaban J connectivity index is 1.80. The lowest BCUT2D eigenvalue weighted by Crippen LogP contribution is -2.42. The topological polar surface area (TPSA) is 62.6 Å². The van der Waals surface area contributed by atoms with Gasteiger partial charge in [0.15, 0.2) is 14.9 Å². The maximum absolute atomic E-state index is 13.3. The van der Waals surface area contributed by atoms with Gasteiger partial charge >= 0.3 is 0 Å². The second-order valence-corrected chi connectivity index (χ2v) is 8.85. The molecule has 3 rings (SSSR count). The molecule has 1 aromatic heterocycles. The van der Waals surface area contributed by atoms with Gasteiger partial charge < -0.3 is 14.6 Å². The predicted molar refractivity (Wildman–Crippen MR) is 98.9 cm³/mol. The Labute approximate surface area is 155 Å². The summed E-state index contributed by atoms with van der Waals surface area (Å²) in [5.41, 5.74) is 0.529. The zero-order chi connectivity index (χ0) is 18.0. The number of hydrogen-bond acceptors (Lipinski definition) is 4. The van der Waals surface area contributed by atoms with Crippen LogP contribution in [0, 0.1) is 5.82 Å². The van der Waals surface area contributed by atoms with Crippen LogP contribution in [0.25, 0.3) is 0 Å². The molecule has 5 nitrogen and oxygen atoms in total. The van der Waals surface area contributed by atoms with E-state index in [0.717, 1.165) is 0 Å². The summed E-state index contributed by atoms with van der Waals surface area (Å²) in [6.07, 6.45) is 2.05. The van der Waals surface area contributed by atoms with Crippen LogP contribution in [0.4, 0.5) is 10.1 Å². The van der Waals surface area contributed by atoms with Gasteiger partial charge in [0, 0.05) is 11.7 Å². The van der Waals surface area contributed by atoms with Crippen LogP contribution < -0.4 is 5.32 Å². The fourth-order valence-corrected chi connectivity index (χ4v) is 4.97. The fourth-order valence-electron chi connectivity index (χ4n) is 2.73. The molecule has 1 saturated heterocycles. The maximum Gasteiger partial charge on any atom is 0.174 e. The van der Waals surface area contributed by atoms with Crippen molar-refractivity contribution in [1.82, 2.24) is 4.90 Å². The highest BCUT2D eigenvalue weighted by Crippen LogP contribution is 2.23. The van der Waals surface area contributed by atoms with E-state index < -0.39 is 15.7 Å². The molecular formula is C16H16ClFN2O3S2. The zero-order valence-electron chi connectivity index (χ0n) is 13.1. The third-order valence-electron chi connectivity index (χ3n) is 3.99. The lowest BCUT2D eigenvalue weighted by atomic mass is 10.2. The first-order chi connectivity index (χ1) is 11.8. The van der Waals surface area contributed by atoms with Gasteiger partial charge in [-0.25, -0.2) is 12.8 Å². The molecule has 134 valence electrons. The van der Waals surface area contributed by atoms with Gasteiger partial charge in [-0.05, 0) is 49.0 Å². The number of halogens is 2. The molecule has 0 saturated carbocycles. The van der Waals surface area contributed by atoms with Gasteiger partial charge in [0.2, 0.25) is 0 Å². The molecule has 2 heterocycles. The molecule has 1 atom stereocenters. The molecule has 0 bridgehead atoms. The van der Waals surface area contributed by atoms with Gasteiger partial charge in [0.05, 0.1) is 29.3 Å². The second kappa shape index (κ2) is 7.31. The molecule has 1 aliphatic rings. The van der Waals surface area contributed by atoms with Crippen molar-refractivity contribution in [3.63, 3.8) is 0 Å².